The normalized spacial score (nSPS) is 12.2. The highest BCUT2D eigenvalue weighted by Crippen LogP contribution is 2.29. The third kappa shape index (κ3) is 4.78. The van der Waals surface area contributed by atoms with Crippen molar-refractivity contribution >= 4 is 23.4 Å². The molecule has 0 fully saturated rings. The highest BCUT2D eigenvalue weighted by atomic mass is 35.5. The molecule has 0 aliphatic rings. The molecule has 0 saturated heterocycles. The molecule has 2 aromatic carbocycles. The fourth-order valence-electron chi connectivity index (χ4n) is 2.56. The summed E-state index contributed by atoms with van der Waals surface area (Å²) in [5.41, 5.74) is 0.825. The Hall–Kier alpha value is -2.12. The van der Waals surface area contributed by atoms with Gasteiger partial charge in [-0.05, 0) is 55.8 Å². The van der Waals surface area contributed by atoms with Crippen LogP contribution in [0.3, 0.4) is 0 Å². The summed E-state index contributed by atoms with van der Waals surface area (Å²) in [6, 6.07) is 10.2. The Morgan fingerprint density at radius 2 is 1.81 bits per heavy atom. The van der Waals surface area contributed by atoms with Gasteiger partial charge in [-0.3, -0.25) is 0 Å². The number of ether oxygens (including phenoxy) is 1. The van der Waals surface area contributed by atoms with Crippen molar-refractivity contribution in [3.05, 3.63) is 70.5 Å². The minimum Gasteiger partial charge on any atom is -0.483 e. The molecule has 1 atom stereocenters. The van der Waals surface area contributed by atoms with E-state index in [1.54, 1.807) is 18.2 Å². The van der Waals surface area contributed by atoms with Crippen molar-refractivity contribution in [1.82, 2.24) is 14.8 Å². The van der Waals surface area contributed by atoms with Gasteiger partial charge >= 0.3 is 0 Å². The Morgan fingerprint density at radius 1 is 1.11 bits per heavy atom. The first-order valence-electron chi connectivity index (χ1n) is 8.40. The van der Waals surface area contributed by atoms with Crippen LogP contribution in [-0.2, 0) is 12.3 Å². The van der Waals surface area contributed by atoms with Crippen LogP contribution in [-0.4, -0.2) is 14.8 Å². The molecule has 1 heterocycles. The molecule has 0 aliphatic carbocycles. The van der Waals surface area contributed by atoms with E-state index in [1.165, 1.54) is 36.0 Å². The summed E-state index contributed by atoms with van der Waals surface area (Å²) in [6.45, 7) is 4.52. The van der Waals surface area contributed by atoms with Crippen LogP contribution in [0, 0.1) is 11.6 Å². The van der Waals surface area contributed by atoms with Gasteiger partial charge in [-0.25, -0.2) is 8.78 Å². The van der Waals surface area contributed by atoms with Gasteiger partial charge in [0.15, 0.2) is 17.1 Å². The minimum absolute atomic E-state index is 0.315. The molecule has 1 aromatic heterocycles. The van der Waals surface area contributed by atoms with E-state index in [1.807, 2.05) is 18.4 Å². The molecule has 0 aliphatic heterocycles. The molecule has 142 valence electrons. The van der Waals surface area contributed by atoms with Crippen molar-refractivity contribution in [1.29, 1.82) is 0 Å². The van der Waals surface area contributed by atoms with Gasteiger partial charge in [0, 0.05) is 17.3 Å². The average Bonchev–Trinajstić information content (AvgIpc) is 3.06. The lowest BCUT2D eigenvalue weighted by Crippen LogP contribution is -2.12. The van der Waals surface area contributed by atoms with Gasteiger partial charge in [0.2, 0.25) is 0 Å². The largest absolute Gasteiger partial charge is 0.483 e. The van der Waals surface area contributed by atoms with Gasteiger partial charge in [0.1, 0.15) is 17.4 Å². The number of benzene rings is 2. The van der Waals surface area contributed by atoms with Crippen molar-refractivity contribution < 1.29 is 13.5 Å². The summed E-state index contributed by atoms with van der Waals surface area (Å²) in [4.78, 5) is 0. The molecule has 4 nitrogen and oxygen atoms in total. The Bertz CT molecular complexity index is 918. The number of aromatic nitrogens is 3. The third-order valence-electron chi connectivity index (χ3n) is 3.92. The molecule has 27 heavy (non-hydrogen) atoms. The SMILES string of the molecule is CCn1c(SCc2ccc(F)cc2Cl)nnc1C(C)Oc1ccc(F)cc1. The van der Waals surface area contributed by atoms with E-state index in [2.05, 4.69) is 10.2 Å². The molecular formula is C19H18ClF2N3OS. The third-order valence-corrected chi connectivity index (χ3v) is 5.29. The van der Waals surface area contributed by atoms with E-state index in [9.17, 15) is 8.78 Å². The second-order valence-corrected chi connectivity index (χ2v) is 7.17. The van der Waals surface area contributed by atoms with Crippen molar-refractivity contribution in [2.45, 2.75) is 37.4 Å². The summed E-state index contributed by atoms with van der Waals surface area (Å²) in [5, 5.41) is 9.61. The van der Waals surface area contributed by atoms with Crippen molar-refractivity contribution in [3.63, 3.8) is 0 Å². The number of nitrogens with zero attached hydrogens (tertiary/aromatic N) is 3. The summed E-state index contributed by atoms with van der Waals surface area (Å²) in [5.74, 6) is 1.10. The van der Waals surface area contributed by atoms with Gasteiger partial charge in [0.05, 0.1) is 0 Å². The Kier molecular flexibility index (Phi) is 6.34. The van der Waals surface area contributed by atoms with E-state index in [4.69, 9.17) is 16.3 Å². The van der Waals surface area contributed by atoms with Crippen LogP contribution in [0.5, 0.6) is 5.75 Å². The standard InChI is InChI=1S/C19H18ClF2N3OS/c1-3-25-18(12(2)26-16-8-6-14(21)7-9-16)23-24-19(25)27-11-13-4-5-15(22)10-17(13)20/h4-10,12H,3,11H2,1-2H3. The minimum atomic E-state index is -0.362. The summed E-state index contributed by atoms with van der Waals surface area (Å²) in [7, 11) is 0. The van der Waals surface area contributed by atoms with Crippen molar-refractivity contribution in [3.8, 4) is 5.75 Å². The average molecular weight is 410 g/mol. The van der Waals surface area contributed by atoms with Crippen LogP contribution in [0.4, 0.5) is 8.78 Å². The molecule has 0 saturated carbocycles. The molecule has 1 unspecified atom stereocenters. The van der Waals surface area contributed by atoms with Crippen LogP contribution >= 0.6 is 23.4 Å². The second kappa shape index (κ2) is 8.71. The molecule has 8 heteroatoms. The maximum absolute atomic E-state index is 13.2. The molecule has 0 spiro atoms. The molecule has 0 amide bonds. The highest BCUT2D eigenvalue weighted by molar-refractivity contribution is 7.98. The number of hydrogen-bond acceptors (Lipinski definition) is 4. The Morgan fingerprint density at radius 3 is 2.48 bits per heavy atom. The fourth-order valence-corrected chi connectivity index (χ4v) is 3.88. The molecule has 3 rings (SSSR count). The first-order valence-corrected chi connectivity index (χ1v) is 9.76. The van der Waals surface area contributed by atoms with Crippen LogP contribution in [0.1, 0.15) is 31.3 Å². The lowest BCUT2D eigenvalue weighted by molar-refractivity contribution is 0.209. The van der Waals surface area contributed by atoms with Crippen LogP contribution < -0.4 is 4.74 Å². The monoisotopic (exact) mass is 409 g/mol. The number of halogens is 3. The predicted octanol–water partition coefficient (Wildman–Crippen LogP) is 5.66. The van der Waals surface area contributed by atoms with Crippen LogP contribution in [0.2, 0.25) is 5.02 Å². The highest BCUT2D eigenvalue weighted by Gasteiger charge is 2.19. The predicted molar refractivity (Wildman–Crippen MR) is 102 cm³/mol. The van der Waals surface area contributed by atoms with Gasteiger partial charge < -0.3 is 9.30 Å². The molecular weight excluding hydrogens is 392 g/mol. The smallest absolute Gasteiger partial charge is 0.191 e. The molecule has 3 aromatic rings. The first kappa shape index (κ1) is 19.6. The van der Waals surface area contributed by atoms with Crippen molar-refractivity contribution in [2.24, 2.45) is 0 Å². The topological polar surface area (TPSA) is 39.9 Å². The maximum Gasteiger partial charge on any atom is 0.191 e. The van der Waals surface area contributed by atoms with E-state index in [0.29, 0.717) is 28.9 Å². The van der Waals surface area contributed by atoms with Gasteiger partial charge in [-0.15, -0.1) is 10.2 Å². The van der Waals surface area contributed by atoms with Gasteiger partial charge in [-0.2, -0.15) is 0 Å². The second-order valence-electron chi connectivity index (χ2n) is 5.82. The van der Waals surface area contributed by atoms with Gasteiger partial charge in [0.25, 0.3) is 0 Å². The van der Waals surface area contributed by atoms with Crippen LogP contribution in [0.25, 0.3) is 0 Å². The molecule has 0 N–H and O–H groups in total. The Balaban J connectivity index is 1.72. The quantitative estimate of drug-likeness (QED) is 0.472. The molecule has 0 radical (unpaired) electrons. The van der Waals surface area contributed by atoms with E-state index in [0.717, 1.165) is 10.7 Å². The first-order chi connectivity index (χ1) is 13.0. The number of hydrogen-bond donors (Lipinski definition) is 0. The molecule has 0 bridgehead atoms. The lowest BCUT2D eigenvalue weighted by atomic mass is 10.2. The number of thioether (sulfide) groups is 1. The number of rotatable bonds is 7. The van der Waals surface area contributed by atoms with Gasteiger partial charge in [-0.1, -0.05) is 29.4 Å². The zero-order chi connectivity index (χ0) is 19.4. The zero-order valence-electron chi connectivity index (χ0n) is 14.8. The zero-order valence-corrected chi connectivity index (χ0v) is 16.4. The Labute approximate surface area is 165 Å². The van der Waals surface area contributed by atoms with E-state index < -0.39 is 0 Å². The van der Waals surface area contributed by atoms with E-state index >= 15 is 0 Å². The van der Waals surface area contributed by atoms with E-state index in [-0.39, 0.29) is 17.7 Å². The summed E-state index contributed by atoms with van der Waals surface area (Å²) < 4.78 is 34.0. The summed E-state index contributed by atoms with van der Waals surface area (Å²) >= 11 is 7.55. The van der Waals surface area contributed by atoms with Crippen molar-refractivity contribution in [2.75, 3.05) is 0 Å². The summed E-state index contributed by atoms with van der Waals surface area (Å²) in [6.07, 6.45) is -0.355. The fraction of sp³-hybridized carbons (Fsp3) is 0.263. The van der Waals surface area contributed by atoms with Crippen LogP contribution in [0.15, 0.2) is 47.6 Å². The lowest BCUT2D eigenvalue weighted by Gasteiger charge is -2.15. The maximum atomic E-state index is 13.2.